The summed E-state index contributed by atoms with van der Waals surface area (Å²) in [6.45, 7) is 5.08. The summed E-state index contributed by atoms with van der Waals surface area (Å²) < 4.78 is 0. The standard InChI is InChI=1S/C15H21ClN2O/c1-10(2)9-18(12-5-6-12)15(19)13-8-11(16)4-7-14(13)17-3/h4,7-8,10,12,17H,5-6,9H2,1-3H3. The summed E-state index contributed by atoms with van der Waals surface area (Å²) in [6.07, 6.45) is 2.24. The van der Waals surface area contributed by atoms with Gasteiger partial charge in [-0.05, 0) is 37.0 Å². The third-order valence-corrected chi connectivity index (χ3v) is 3.53. The van der Waals surface area contributed by atoms with Crippen LogP contribution < -0.4 is 5.32 Å². The predicted molar refractivity (Wildman–Crippen MR) is 79.9 cm³/mol. The van der Waals surface area contributed by atoms with E-state index in [1.807, 2.05) is 18.0 Å². The second kappa shape index (κ2) is 5.83. The Bertz CT molecular complexity index is 469. The number of nitrogens with zero attached hydrogens (tertiary/aromatic N) is 1. The minimum Gasteiger partial charge on any atom is -0.387 e. The van der Waals surface area contributed by atoms with Crippen molar-refractivity contribution in [3.8, 4) is 0 Å². The summed E-state index contributed by atoms with van der Waals surface area (Å²) in [4.78, 5) is 14.7. The van der Waals surface area contributed by atoms with Crippen LogP contribution in [0.1, 0.15) is 37.0 Å². The molecule has 0 bridgehead atoms. The lowest BCUT2D eigenvalue weighted by atomic mass is 10.1. The number of rotatable bonds is 5. The molecule has 0 aliphatic heterocycles. The summed E-state index contributed by atoms with van der Waals surface area (Å²) >= 11 is 6.02. The second-order valence-corrected chi connectivity index (χ2v) is 5.96. The number of benzene rings is 1. The number of carbonyl (C=O) groups is 1. The van der Waals surface area contributed by atoms with Crippen LogP contribution in [0.4, 0.5) is 5.69 Å². The van der Waals surface area contributed by atoms with Gasteiger partial charge in [0.15, 0.2) is 0 Å². The maximum absolute atomic E-state index is 12.7. The van der Waals surface area contributed by atoms with Crippen molar-refractivity contribution in [1.29, 1.82) is 0 Å². The highest BCUT2D eigenvalue weighted by Gasteiger charge is 2.34. The number of amides is 1. The molecule has 0 aromatic heterocycles. The molecule has 19 heavy (non-hydrogen) atoms. The lowest BCUT2D eigenvalue weighted by Gasteiger charge is -2.25. The Balaban J connectivity index is 2.28. The monoisotopic (exact) mass is 280 g/mol. The maximum Gasteiger partial charge on any atom is 0.256 e. The first-order chi connectivity index (χ1) is 9.02. The molecule has 1 aromatic rings. The number of halogens is 1. The zero-order chi connectivity index (χ0) is 14.0. The minimum absolute atomic E-state index is 0.0862. The fraction of sp³-hybridized carbons (Fsp3) is 0.533. The Kier molecular flexibility index (Phi) is 4.35. The normalized spacial score (nSPS) is 14.6. The topological polar surface area (TPSA) is 32.3 Å². The Labute approximate surface area is 119 Å². The highest BCUT2D eigenvalue weighted by molar-refractivity contribution is 6.31. The van der Waals surface area contributed by atoms with Gasteiger partial charge in [-0.25, -0.2) is 0 Å². The molecule has 0 atom stereocenters. The molecule has 3 nitrogen and oxygen atoms in total. The van der Waals surface area contributed by atoms with Crippen molar-refractivity contribution in [3.63, 3.8) is 0 Å². The second-order valence-electron chi connectivity index (χ2n) is 5.52. The van der Waals surface area contributed by atoms with Gasteiger partial charge in [-0.15, -0.1) is 0 Å². The van der Waals surface area contributed by atoms with Crippen LogP contribution in [0.5, 0.6) is 0 Å². The van der Waals surface area contributed by atoms with Crippen LogP contribution in [0.2, 0.25) is 5.02 Å². The van der Waals surface area contributed by atoms with E-state index in [0.29, 0.717) is 22.5 Å². The van der Waals surface area contributed by atoms with Gasteiger partial charge in [0.05, 0.1) is 5.56 Å². The minimum atomic E-state index is 0.0862. The average molecular weight is 281 g/mol. The summed E-state index contributed by atoms with van der Waals surface area (Å²) in [6, 6.07) is 5.83. The van der Waals surface area contributed by atoms with E-state index >= 15 is 0 Å². The van der Waals surface area contributed by atoms with Crippen molar-refractivity contribution in [1.82, 2.24) is 4.90 Å². The van der Waals surface area contributed by atoms with Crippen molar-refractivity contribution >= 4 is 23.2 Å². The van der Waals surface area contributed by atoms with Gasteiger partial charge in [0.25, 0.3) is 5.91 Å². The molecule has 1 amide bonds. The maximum atomic E-state index is 12.7. The fourth-order valence-corrected chi connectivity index (χ4v) is 2.42. The van der Waals surface area contributed by atoms with E-state index in [0.717, 1.165) is 25.1 Å². The van der Waals surface area contributed by atoms with E-state index in [4.69, 9.17) is 11.6 Å². The van der Waals surface area contributed by atoms with E-state index in [-0.39, 0.29) is 5.91 Å². The Morgan fingerprint density at radius 2 is 2.16 bits per heavy atom. The number of carbonyl (C=O) groups excluding carboxylic acids is 1. The first-order valence-electron chi connectivity index (χ1n) is 6.81. The van der Waals surface area contributed by atoms with Crippen LogP contribution in [0.25, 0.3) is 0 Å². The molecule has 2 rings (SSSR count). The SMILES string of the molecule is CNc1ccc(Cl)cc1C(=O)N(CC(C)C)C1CC1. The summed E-state index contributed by atoms with van der Waals surface area (Å²) in [7, 11) is 1.82. The van der Waals surface area contributed by atoms with Crippen molar-refractivity contribution in [2.24, 2.45) is 5.92 Å². The molecule has 0 spiro atoms. The molecular weight excluding hydrogens is 260 g/mol. The third kappa shape index (κ3) is 3.41. The Hall–Kier alpha value is -1.22. The van der Waals surface area contributed by atoms with E-state index in [9.17, 15) is 4.79 Å². The molecule has 1 fully saturated rings. The molecule has 1 saturated carbocycles. The molecule has 1 aliphatic rings. The first-order valence-corrected chi connectivity index (χ1v) is 7.19. The highest BCUT2D eigenvalue weighted by atomic mass is 35.5. The first kappa shape index (κ1) is 14.2. The molecule has 1 N–H and O–H groups in total. The molecule has 1 aliphatic carbocycles. The van der Waals surface area contributed by atoms with Gasteiger partial charge >= 0.3 is 0 Å². The van der Waals surface area contributed by atoms with E-state index < -0.39 is 0 Å². The van der Waals surface area contributed by atoms with Crippen molar-refractivity contribution < 1.29 is 4.79 Å². The van der Waals surface area contributed by atoms with Crippen molar-refractivity contribution in [2.45, 2.75) is 32.7 Å². The lowest BCUT2D eigenvalue weighted by molar-refractivity contribution is 0.0723. The van der Waals surface area contributed by atoms with Gasteiger partial charge < -0.3 is 10.2 Å². The summed E-state index contributed by atoms with van der Waals surface area (Å²) in [5.41, 5.74) is 1.51. The third-order valence-electron chi connectivity index (χ3n) is 3.29. The smallest absolute Gasteiger partial charge is 0.256 e. The zero-order valence-electron chi connectivity index (χ0n) is 11.7. The highest BCUT2D eigenvalue weighted by Crippen LogP contribution is 2.31. The van der Waals surface area contributed by atoms with Gasteiger partial charge in [-0.3, -0.25) is 4.79 Å². The van der Waals surface area contributed by atoms with Crippen LogP contribution in [0, 0.1) is 5.92 Å². The molecule has 0 saturated heterocycles. The lowest BCUT2D eigenvalue weighted by Crippen LogP contribution is -2.36. The average Bonchev–Trinajstić information content (AvgIpc) is 3.19. The van der Waals surface area contributed by atoms with Gasteiger partial charge in [0.1, 0.15) is 0 Å². The number of anilines is 1. The van der Waals surface area contributed by atoms with E-state index in [1.165, 1.54) is 0 Å². The van der Waals surface area contributed by atoms with Crippen LogP contribution in [-0.2, 0) is 0 Å². The molecule has 0 unspecified atom stereocenters. The van der Waals surface area contributed by atoms with Gasteiger partial charge in [-0.1, -0.05) is 25.4 Å². The molecule has 1 aromatic carbocycles. The molecule has 0 heterocycles. The van der Waals surface area contributed by atoms with E-state index in [2.05, 4.69) is 19.2 Å². The molecule has 0 radical (unpaired) electrons. The largest absolute Gasteiger partial charge is 0.387 e. The number of nitrogens with one attached hydrogen (secondary N) is 1. The van der Waals surface area contributed by atoms with Crippen LogP contribution in [0.3, 0.4) is 0 Å². The Morgan fingerprint density at radius 3 is 2.68 bits per heavy atom. The van der Waals surface area contributed by atoms with Crippen molar-refractivity contribution in [2.75, 3.05) is 18.9 Å². The van der Waals surface area contributed by atoms with Crippen LogP contribution in [0.15, 0.2) is 18.2 Å². The van der Waals surface area contributed by atoms with Crippen LogP contribution in [-0.4, -0.2) is 30.4 Å². The quantitative estimate of drug-likeness (QED) is 0.893. The number of hydrogen-bond donors (Lipinski definition) is 1. The Morgan fingerprint density at radius 1 is 1.47 bits per heavy atom. The zero-order valence-corrected chi connectivity index (χ0v) is 12.5. The predicted octanol–water partition coefficient (Wildman–Crippen LogP) is 3.64. The molecular formula is C15H21ClN2O. The van der Waals surface area contributed by atoms with Gasteiger partial charge in [0, 0.05) is 30.3 Å². The summed E-state index contributed by atoms with van der Waals surface area (Å²) in [5, 5.41) is 3.66. The van der Waals surface area contributed by atoms with Gasteiger partial charge in [-0.2, -0.15) is 0 Å². The number of hydrogen-bond acceptors (Lipinski definition) is 2. The van der Waals surface area contributed by atoms with E-state index in [1.54, 1.807) is 12.1 Å². The summed E-state index contributed by atoms with van der Waals surface area (Å²) in [5.74, 6) is 0.560. The van der Waals surface area contributed by atoms with Crippen LogP contribution >= 0.6 is 11.6 Å². The van der Waals surface area contributed by atoms with Crippen molar-refractivity contribution in [3.05, 3.63) is 28.8 Å². The van der Waals surface area contributed by atoms with Gasteiger partial charge in [0.2, 0.25) is 0 Å². The molecule has 4 heteroatoms. The fourth-order valence-electron chi connectivity index (χ4n) is 2.24. The molecule has 104 valence electrons.